The number of carboxylic acid groups (broad SMARTS) is 1. The van der Waals surface area contributed by atoms with E-state index in [0.717, 1.165) is 32.6 Å². The van der Waals surface area contributed by atoms with Crippen LogP contribution in [0.4, 0.5) is 10.5 Å². The Morgan fingerprint density at radius 1 is 1.12 bits per heavy atom. The smallest absolute Gasteiger partial charge is 0.358 e. The highest BCUT2D eigenvalue weighted by molar-refractivity contribution is 6.05. The number of aromatic carboxylic acids is 1. The van der Waals surface area contributed by atoms with Gasteiger partial charge >= 0.3 is 12.0 Å². The van der Waals surface area contributed by atoms with Crippen LogP contribution in [0.5, 0.6) is 0 Å². The Morgan fingerprint density at radius 3 is 2.54 bits per heavy atom. The number of carbonyl (C=O) groups excluding carboxylic acids is 2. The van der Waals surface area contributed by atoms with Gasteiger partial charge in [-0.25, -0.2) is 19.5 Å². The van der Waals surface area contributed by atoms with Gasteiger partial charge < -0.3 is 19.8 Å². The number of fused-ring (bicyclic) bond motifs is 2. The Morgan fingerprint density at radius 2 is 1.83 bits per heavy atom. The quantitative estimate of drug-likeness (QED) is 0.316. The molecule has 3 N–H and O–H groups in total. The van der Waals surface area contributed by atoms with Crippen molar-refractivity contribution in [3.8, 4) is 0 Å². The van der Waals surface area contributed by atoms with Crippen LogP contribution in [0, 0.1) is 12.8 Å². The van der Waals surface area contributed by atoms with Gasteiger partial charge in [-0.3, -0.25) is 9.69 Å². The predicted octanol–water partition coefficient (Wildman–Crippen LogP) is 4.84. The number of amides is 3. The molecule has 1 aliphatic rings. The van der Waals surface area contributed by atoms with Crippen LogP contribution >= 0.6 is 0 Å². The number of nitrogens with two attached hydrogens (primary N) is 1. The van der Waals surface area contributed by atoms with Gasteiger partial charge in [-0.2, -0.15) is 0 Å². The molecular weight excluding hydrogens is 522 g/mol. The number of benzene rings is 2. The minimum atomic E-state index is -1.25. The minimum Gasteiger partial charge on any atom is -0.476 e. The summed E-state index contributed by atoms with van der Waals surface area (Å²) in [5, 5.41) is 10.7. The molecule has 0 aliphatic carbocycles. The van der Waals surface area contributed by atoms with E-state index in [-0.39, 0.29) is 29.7 Å². The van der Waals surface area contributed by atoms with Crippen LogP contribution in [0.25, 0.3) is 10.9 Å². The Labute approximate surface area is 238 Å². The first-order chi connectivity index (χ1) is 19.6. The molecule has 2 atom stereocenters. The van der Waals surface area contributed by atoms with Crippen molar-refractivity contribution in [2.75, 3.05) is 11.4 Å². The molecular formula is C31H35N5O5. The zero-order valence-corrected chi connectivity index (χ0v) is 23.7. The van der Waals surface area contributed by atoms with Gasteiger partial charge in [0.15, 0.2) is 5.69 Å². The summed E-state index contributed by atoms with van der Waals surface area (Å²) in [4.78, 5) is 47.5. The van der Waals surface area contributed by atoms with E-state index in [0.29, 0.717) is 19.4 Å². The van der Waals surface area contributed by atoms with Crippen LogP contribution < -0.4 is 10.6 Å². The molecule has 1 unspecified atom stereocenters. The second kappa shape index (κ2) is 11.2. The maximum atomic E-state index is 14.4. The topological polar surface area (TPSA) is 135 Å². The van der Waals surface area contributed by atoms with Gasteiger partial charge in [0, 0.05) is 42.8 Å². The van der Waals surface area contributed by atoms with E-state index in [2.05, 4.69) is 4.98 Å². The van der Waals surface area contributed by atoms with Crippen molar-refractivity contribution in [3.63, 3.8) is 0 Å². The summed E-state index contributed by atoms with van der Waals surface area (Å²) in [6.07, 6.45) is 3.11. The normalized spacial score (nSPS) is 14.3. The number of para-hydroxylation sites is 2. The first-order valence-electron chi connectivity index (χ1n) is 13.8. The molecule has 10 nitrogen and oxygen atoms in total. The molecule has 1 aliphatic heterocycles. The average Bonchev–Trinajstić information content (AvgIpc) is 3.63. The highest BCUT2D eigenvalue weighted by Crippen LogP contribution is 2.35. The van der Waals surface area contributed by atoms with Crippen LogP contribution in [0.1, 0.15) is 59.6 Å². The van der Waals surface area contributed by atoms with Crippen LogP contribution in [-0.4, -0.2) is 50.1 Å². The monoisotopic (exact) mass is 557 g/mol. The fraction of sp³-hybridized carbons (Fsp3) is 0.355. The maximum absolute atomic E-state index is 14.4. The van der Waals surface area contributed by atoms with Crippen molar-refractivity contribution < 1.29 is 23.9 Å². The molecule has 3 amide bonds. The number of aryl methyl sites for hydroxylation is 2. The predicted molar refractivity (Wildman–Crippen MR) is 155 cm³/mol. The molecule has 0 spiro atoms. The summed E-state index contributed by atoms with van der Waals surface area (Å²) < 4.78 is 7.87. The SMILES string of the molecule is Cc1oc([C@@H](Cc2cn(C)c3ccccc23)N(C(=O)C(N)CC(C)C)C(=O)N2CCc3ccccc32)nc1C(=O)O. The molecule has 214 valence electrons. The summed E-state index contributed by atoms with van der Waals surface area (Å²) >= 11 is 0. The summed E-state index contributed by atoms with van der Waals surface area (Å²) in [7, 11) is 1.92. The zero-order valence-electron chi connectivity index (χ0n) is 23.7. The number of nitrogens with zero attached hydrogens (tertiary/aromatic N) is 4. The number of carbonyl (C=O) groups is 3. The third kappa shape index (κ3) is 5.35. The Bertz CT molecular complexity index is 1620. The number of carboxylic acids is 1. The van der Waals surface area contributed by atoms with Crippen molar-refractivity contribution >= 4 is 34.5 Å². The number of hydrogen-bond donors (Lipinski definition) is 2. The Hall–Kier alpha value is -4.44. The molecule has 4 aromatic rings. The molecule has 2 aromatic carbocycles. The van der Waals surface area contributed by atoms with Gasteiger partial charge in [-0.1, -0.05) is 50.2 Å². The minimum absolute atomic E-state index is 0.0289. The van der Waals surface area contributed by atoms with E-state index >= 15 is 0 Å². The van der Waals surface area contributed by atoms with Crippen molar-refractivity contribution in [2.24, 2.45) is 18.7 Å². The van der Waals surface area contributed by atoms with Crippen molar-refractivity contribution in [3.05, 3.63) is 83.2 Å². The second-order valence-electron chi connectivity index (χ2n) is 11.0. The highest BCUT2D eigenvalue weighted by atomic mass is 16.4. The summed E-state index contributed by atoms with van der Waals surface area (Å²) in [6, 6.07) is 12.9. The number of aromatic nitrogens is 2. The first kappa shape index (κ1) is 28.1. The first-order valence-corrected chi connectivity index (χ1v) is 13.8. The van der Waals surface area contributed by atoms with Gasteiger partial charge in [0.05, 0.1) is 6.04 Å². The third-order valence-electron chi connectivity index (χ3n) is 7.61. The molecule has 3 heterocycles. The number of anilines is 1. The number of imide groups is 1. The lowest BCUT2D eigenvalue weighted by Crippen LogP contribution is -2.53. The molecule has 0 saturated heterocycles. The lowest BCUT2D eigenvalue weighted by molar-refractivity contribution is -0.132. The summed E-state index contributed by atoms with van der Waals surface area (Å²) in [5.74, 6) is -1.65. The lowest BCUT2D eigenvalue weighted by atomic mass is 10.00. The van der Waals surface area contributed by atoms with Crippen molar-refractivity contribution in [2.45, 2.75) is 52.1 Å². The summed E-state index contributed by atoms with van der Waals surface area (Å²) in [5.41, 5.74) is 9.73. The standard InChI is InChI=1S/C31H35N5O5/c1-18(2)15-23(32)29(37)36(31(40)35-14-13-20-9-5-7-11-24(20)35)26(28-33-27(30(38)39)19(3)41-28)16-21-17-34(4)25-12-8-6-10-22(21)25/h5-12,17-18,23,26H,13-16,32H2,1-4H3,(H,38,39)/t23?,26-/m1/s1. The van der Waals surface area contributed by atoms with E-state index in [1.54, 1.807) is 4.90 Å². The average molecular weight is 558 g/mol. The molecule has 41 heavy (non-hydrogen) atoms. The third-order valence-corrected chi connectivity index (χ3v) is 7.61. The molecule has 0 radical (unpaired) electrons. The van der Waals surface area contributed by atoms with E-state index in [1.165, 1.54) is 6.92 Å². The number of hydrogen-bond acceptors (Lipinski definition) is 6. The van der Waals surface area contributed by atoms with E-state index in [9.17, 15) is 19.5 Å². The number of urea groups is 1. The van der Waals surface area contributed by atoms with Crippen molar-refractivity contribution in [1.82, 2.24) is 14.5 Å². The largest absolute Gasteiger partial charge is 0.476 e. The van der Waals surface area contributed by atoms with Gasteiger partial charge in [0.1, 0.15) is 11.8 Å². The molecule has 2 aromatic heterocycles. The number of oxazole rings is 1. The number of rotatable bonds is 8. The van der Waals surface area contributed by atoms with Crippen molar-refractivity contribution in [1.29, 1.82) is 0 Å². The second-order valence-corrected chi connectivity index (χ2v) is 11.0. The fourth-order valence-electron chi connectivity index (χ4n) is 5.68. The lowest BCUT2D eigenvalue weighted by Gasteiger charge is -2.34. The van der Waals surface area contributed by atoms with E-state index in [1.807, 2.05) is 80.2 Å². The molecule has 10 heteroatoms. The van der Waals surface area contributed by atoms with Gasteiger partial charge in [-0.05, 0) is 48.9 Å². The Kier molecular flexibility index (Phi) is 7.68. The molecule has 5 rings (SSSR count). The summed E-state index contributed by atoms with van der Waals surface area (Å²) in [6.45, 7) is 5.82. The molecule has 0 bridgehead atoms. The molecule has 0 saturated carbocycles. The van der Waals surface area contributed by atoms with E-state index < -0.39 is 30.0 Å². The Balaban J connectivity index is 1.66. The highest BCUT2D eigenvalue weighted by Gasteiger charge is 2.41. The van der Waals surface area contributed by atoms with Gasteiger partial charge in [-0.15, -0.1) is 0 Å². The van der Waals surface area contributed by atoms with Crippen LogP contribution in [0.2, 0.25) is 0 Å². The zero-order chi connectivity index (χ0) is 29.4. The van der Waals surface area contributed by atoms with Gasteiger partial charge in [0.2, 0.25) is 11.8 Å². The fourth-order valence-corrected chi connectivity index (χ4v) is 5.68. The van der Waals surface area contributed by atoms with Gasteiger partial charge in [0.25, 0.3) is 0 Å². The van der Waals surface area contributed by atoms with Crippen LogP contribution in [0.15, 0.2) is 59.1 Å². The molecule has 0 fully saturated rings. The van der Waals surface area contributed by atoms with Crippen LogP contribution in [0.3, 0.4) is 0 Å². The van der Waals surface area contributed by atoms with Crippen LogP contribution in [-0.2, 0) is 24.7 Å². The maximum Gasteiger partial charge on any atom is 0.358 e. The van der Waals surface area contributed by atoms with E-state index in [4.69, 9.17) is 10.2 Å².